The molecule has 1 fully saturated rings. The predicted octanol–water partition coefficient (Wildman–Crippen LogP) is 4.30. The largest absolute Gasteiger partial charge is 0.490 e. The lowest BCUT2D eigenvalue weighted by Gasteiger charge is -2.34. The molecule has 7 heteroatoms. The van der Waals surface area contributed by atoms with E-state index < -0.39 is 0 Å². The maximum atomic E-state index is 12.7. The van der Waals surface area contributed by atoms with Crippen LogP contribution in [0.4, 0.5) is 5.82 Å². The summed E-state index contributed by atoms with van der Waals surface area (Å²) in [6, 6.07) is 21.2. The van der Waals surface area contributed by atoms with E-state index in [1.807, 2.05) is 84.6 Å². The van der Waals surface area contributed by atoms with E-state index in [2.05, 4.69) is 9.88 Å². The van der Waals surface area contributed by atoms with Crippen LogP contribution in [0.5, 0.6) is 17.2 Å². The predicted molar refractivity (Wildman–Crippen MR) is 137 cm³/mol. The summed E-state index contributed by atoms with van der Waals surface area (Å²) in [6.45, 7) is 6.15. The van der Waals surface area contributed by atoms with Gasteiger partial charge in [0.25, 0.3) is 0 Å². The minimum absolute atomic E-state index is 0.00187. The lowest BCUT2D eigenvalue weighted by atomic mass is 10.1. The number of hydrogen-bond acceptors (Lipinski definition) is 6. The summed E-state index contributed by atoms with van der Waals surface area (Å²) in [5.41, 5.74) is 0.877. The van der Waals surface area contributed by atoms with E-state index in [4.69, 9.17) is 14.2 Å². The van der Waals surface area contributed by atoms with E-state index in [0.717, 1.165) is 30.2 Å². The minimum Gasteiger partial charge on any atom is -0.490 e. The molecule has 182 valence electrons. The van der Waals surface area contributed by atoms with Crippen LogP contribution < -0.4 is 19.1 Å². The molecule has 1 amide bonds. The fourth-order valence-electron chi connectivity index (χ4n) is 3.81. The van der Waals surface area contributed by atoms with Gasteiger partial charge in [0.1, 0.15) is 24.8 Å². The van der Waals surface area contributed by atoms with Gasteiger partial charge in [-0.2, -0.15) is 0 Å². The van der Waals surface area contributed by atoms with Gasteiger partial charge < -0.3 is 24.0 Å². The number of anilines is 1. The van der Waals surface area contributed by atoms with Gasteiger partial charge in [0, 0.05) is 38.5 Å². The molecule has 0 radical (unpaired) electrons. The first kappa shape index (κ1) is 24.1. The smallest absolute Gasteiger partial charge is 0.246 e. The summed E-state index contributed by atoms with van der Waals surface area (Å²) in [7, 11) is 0. The molecule has 1 aromatic heterocycles. The Morgan fingerprint density at radius 1 is 0.886 bits per heavy atom. The zero-order valence-electron chi connectivity index (χ0n) is 20.0. The Morgan fingerprint density at radius 2 is 1.66 bits per heavy atom. The molecule has 1 aliphatic rings. The summed E-state index contributed by atoms with van der Waals surface area (Å²) < 4.78 is 17.3. The van der Waals surface area contributed by atoms with Crippen molar-refractivity contribution in [3.05, 3.63) is 84.6 Å². The maximum absolute atomic E-state index is 12.7. The van der Waals surface area contributed by atoms with Crippen LogP contribution in [-0.4, -0.2) is 61.8 Å². The number of amides is 1. The first-order valence-corrected chi connectivity index (χ1v) is 11.9. The van der Waals surface area contributed by atoms with Crippen LogP contribution in [0.1, 0.15) is 12.5 Å². The van der Waals surface area contributed by atoms with Gasteiger partial charge >= 0.3 is 0 Å². The van der Waals surface area contributed by atoms with Crippen LogP contribution in [-0.2, 0) is 4.79 Å². The second kappa shape index (κ2) is 12.5. The van der Waals surface area contributed by atoms with Crippen LogP contribution in [0, 0.1) is 0 Å². The number of aromatic nitrogens is 1. The lowest BCUT2D eigenvalue weighted by molar-refractivity contribution is -0.126. The highest BCUT2D eigenvalue weighted by molar-refractivity contribution is 5.92. The van der Waals surface area contributed by atoms with Gasteiger partial charge in [0.2, 0.25) is 5.91 Å². The highest BCUT2D eigenvalue weighted by Crippen LogP contribution is 2.29. The Balaban J connectivity index is 1.29. The fraction of sp³-hybridized carbons (Fsp3) is 0.286. The molecule has 2 aromatic carbocycles. The Labute approximate surface area is 206 Å². The summed E-state index contributed by atoms with van der Waals surface area (Å²) in [4.78, 5) is 21.2. The van der Waals surface area contributed by atoms with Crippen LogP contribution >= 0.6 is 0 Å². The Hall–Kier alpha value is -4.00. The molecule has 0 aliphatic carbocycles. The Bertz CT molecular complexity index is 1100. The molecular formula is C28H31N3O4. The van der Waals surface area contributed by atoms with Crippen molar-refractivity contribution in [3.8, 4) is 17.2 Å². The van der Waals surface area contributed by atoms with Gasteiger partial charge in [-0.05, 0) is 55.0 Å². The van der Waals surface area contributed by atoms with E-state index in [9.17, 15) is 4.79 Å². The van der Waals surface area contributed by atoms with Crippen molar-refractivity contribution >= 4 is 17.8 Å². The van der Waals surface area contributed by atoms with E-state index in [-0.39, 0.29) is 5.91 Å². The normalized spacial score (nSPS) is 13.6. The molecule has 4 rings (SSSR count). The second-order valence-electron chi connectivity index (χ2n) is 7.98. The molecule has 2 heterocycles. The molecule has 1 aliphatic heterocycles. The van der Waals surface area contributed by atoms with Crippen molar-refractivity contribution in [1.29, 1.82) is 0 Å². The summed E-state index contributed by atoms with van der Waals surface area (Å²) >= 11 is 0. The number of hydrogen-bond donors (Lipinski definition) is 0. The maximum Gasteiger partial charge on any atom is 0.246 e. The zero-order chi connectivity index (χ0) is 24.3. The van der Waals surface area contributed by atoms with Crippen LogP contribution in [0.25, 0.3) is 6.08 Å². The van der Waals surface area contributed by atoms with Crippen LogP contribution in [0.3, 0.4) is 0 Å². The number of pyridine rings is 1. The van der Waals surface area contributed by atoms with Crippen molar-refractivity contribution in [2.24, 2.45) is 0 Å². The van der Waals surface area contributed by atoms with Gasteiger partial charge in [0.15, 0.2) is 11.5 Å². The van der Waals surface area contributed by atoms with Gasteiger partial charge in [-0.1, -0.05) is 30.3 Å². The molecular weight excluding hydrogens is 442 g/mol. The number of rotatable bonds is 10. The van der Waals surface area contributed by atoms with Crippen molar-refractivity contribution in [2.75, 3.05) is 50.9 Å². The van der Waals surface area contributed by atoms with E-state index in [1.165, 1.54) is 0 Å². The summed E-state index contributed by atoms with van der Waals surface area (Å²) in [6.07, 6.45) is 5.23. The van der Waals surface area contributed by atoms with Crippen molar-refractivity contribution in [2.45, 2.75) is 6.92 Å². The van der Waals surface area contributed by atoms with E-state index in [0.29, 0.717) is 44.4 Å². The third-order valence-electron chi connectivity index (χ3n) is 5.60. The van der Waals surface area contributed by atoms with E-state index >= 15 is 0 Å². The molecule has 0 unspecified atom stereocenters. The number of piperazine rings is 1. The van der Waals surface area contributed by atoms with Crippen LogP contribution in [0.15, 0.2) is 79.0 Å². The Kier molecular flexibility index (Phi) is 8.59. The number of para-hydroxylation sites is 1. The first-order valence-electron chi connectivity index (χ1n) is 11.9. The standard InChI is InChI=1S/C28H31N3O4/c1-2-33-26-22-23(11-13-25(26)35-21-20-34-24-8-4-3-5-9-24)12-14-28(32)31-18-16-30(17-19-31)27-10-6-7-15-29-27/h3-15,22H,2,16-21H2,1H3/b14-12+. The van der Waals surface area contributed by atoms with E-state index in [1.54, 1.807) is 12.3 Å². The monoisotopic (exact) mass is 473 g/mol. The zero-order valence-corrected chi connectivity index (χ0v) is 20.0. The minimum atomic E-state index is 0.00187. The third-order valence-corrected chi connectivity index (χ3v) is 5.60. The summed E-state index contributed by atoms with van der Waals surface area (Å²) in [5.74, 6) is 3.06. The molecule has 1 saturated heterocycles. The Morgan fingerprint density at radius 3 is 2.40 bits per heavy atom. The molecule has 0 saturated carbocycles. The molecule has 35 heavy (non-hydrogen) atoms. The number of benzene rings is 2. The second-order valence-corrected chi connectivity index (χ2v) is 7.98. The summed E-state index contributed by atoms with van der Waals surface area (Å²) in [5, 5.41) is 0. The fourth-order valence-corrected chi connectivity index (χ4v) is 3.81. The molecule has 3 aromatic rings. The number of ether oxygens (including phenoxy) is 3. The topological polar surface area (TPSA) is 64.1 Å². The van der Waals surface area contributed by atoms with Gasteiger partial charge in [-0.15, -0.1) is 0 Å². The molecule has 0 atom stereocenters. The highest BCUT2D eigenvalue weighted by Gasteiger charge is 2.20. The first-order chi connectivity index (χ1) is 17.2. The molecule has 0 bridgehead atoms. The quantitative estimate of drug-likeness (QED) is 0.323. The van der Waals surface area contributed by atoms with Gasteiger partial charge in [-0.25, -0.2) is 4.98 Å². The molecule has 0 N–H and O–H groups in total. The van der Waals surface area contributed by atoms with Crippen LogP contribution in [0.2, 0.25) is 0 Å². The lowest BCUT2D eigenvalue weighted by Crippen LogP contribution is -2.48. The number of nitrogens with zero attached hydrogens (tertiary/aromatic N) is 3. The third kappa shape index (κ3) is 6.99. The van der Waals surface area contributed by atoms with Crippen molar-refractivity contribution in [3.63, 3.8) is 0 Å². The highest BCUT2D eigenvalue weighted by atomic mass is 16.5. The average molecular weight is 474 g/mol. The number of carbonyl (C=O) groups excluding carboxylic acids is 1. The number of carbonyl (C=O) groups is 1. The average Bonchev–Trinajstić information content (AvgIpc) is 2.92. The SMILES string of the molecule is CCOc1cc(/C=C/C(=O)N2CCN(c3ccccn3)CC2)ccc1OCCOc1ccccc1. The molecule has 0 spiro atoms. The van der Waals surface area contributed by atoms with Crippen molar-refractivity contribution < 1.29 is 19.0 Å². The molecule has 7 nitrogen and oxygen atoms in total. The van der Waals surface area contributed by atoms with Gasteiger partial charge in [-0.3, -0.25) is 4.79 Å². The van der Waals surface area contributed by atoms with Crippen molar-refractivity contribution in [1.82, 2.24) is 9.88 Å². The van der Waals surface area contributed by atoms with Gasteiger partial charge in [0.05, 0.1) is 6.61 Å².